The van der Waals surface area contributed by atoms with Gasteiger partial charge in [0.2, 0.25) is 5.91 Å². The third-order valence-electron chi connectivity index (χ3n) is 4.00. The molecule has 0 unspecified atom stereocenters. The molecular formula is C21H31IN2O5. The van der Waals surface area contributed by atoms with Gasteiger partial charge in [-0.15, -0.1) is 0 Å². The predicted molar refractivity (Wildman–Crippen MR) is 120 cm³/mol. The number of ether oxygens (including phenoxy) is 1. The lowest BCUT2D eigenvalue weighted by Crippen LogP contribution is -2.40. The van der Waals surface area contributed by atoms with Crippen LogP contribution in [0.2, 0.25) is 0 Å². The van der Waals surface area contributed by atoms with Gasteiger partial charge in [-0.1, -0.05) is 12.1 Å². The average Bonchev–Trinajstić information content (AvgIpc) is 2.60. The van der Waals surface area contributed by atoms with E-state index in [2.05, 4.69) is 33.2 Å². The van der Waals surface area contributed by atoms with Crippen molar-refractivity contribution in [3.63, 3.8) is 0 Å². The summed E-state index contributed by atoms with van der Waals surface area (Å²) in [6.07, 6.45) is 2.72. The van der Waals surface area contributed by atoms with Crippen LogP contribution in [-0.4, -0.2) is 41.3 Å². The number of unbranched alkanes of at least 4 members (excludes halogenated alkanes) is 1. The molecule has 0 aromatic heterocycles. The fourth-order valence-electron chi connectivity index (χ4n) is 2.61. The normalized spacial score (nSPS) is 12.1. The number of halogens is 1. The minimum Gasteiger partial charge on any atom is -0.480 e. The Morgan fingerprint density at radius 1 is 1.10 bits per heavy atom. The Hall–Kier alpha value is -1.84. The molecule has 162 valence electrons. The molecule has 0 heterocycles. The van der Waals surface area contributed by atoms with Crippen molar-refractivity contribution in [2.24, 2.45) is 0 Å². The fraction of sp³-hybridized carbons (Fsp3) is 0.571. The Labute approximate surface area is 186 Å². The summed E-state index contributed by atoms with van der Waals surface area (Å²) in [6, 6.07) is 7.19. The van der Waals surface area contributed by atoms with Crippen molar-refractivity contribution in [2.45, 2.75) is 70.9 Å². The Balaban J connectivity index is 2.24. The summed E-state index contributed by atoms with van der Waals surface area (Å²) >= 11 is 2.24. The molecule has 3 N–H and O–H groups in total. The number of carboxylic acid groups (broad SMARTS) is 1. The molecule has 0 aliphatic carbocycles. The topological polar surface area (TPSA) is 105 Å². The van der Waals surface area contributed by atoms with E-state index >= 15 is 0 Å². The summed E-state index contributed by atoms with van der Waals surface area (Å²) in [4.78, 5) is 35.0. The number of carbonyl (C=O) groups is 3. The van der Waals surface area contributed by atoms with E-state index in [1.165, 1.54) is 0 Å². The first-order valence-electron chi connectivity index (χ1n) is 9.80. The smallest absolute Gasteiger partial charge is 0.407 e. The quantitative estimate of drug-likeness (QED) is 0.305. The number of nitrogens with one attached hydrogen (secondary N) is 2. The van der Waals surface area contributed by atoms with Crippen LogP contribution in [0.1, 0.15) is 58.4 Å². The summed E-state index contributed by atoms with van der Waals surface area (Å²) in [7, 11) is 0. The number of aryl methyl sites for hydroxylation is 1. The second-order valence-electron chi connectivity index (χ2n) is 7.86. The molecule has 0 fully saturated rings. The highest BCUT2D eigenvalue weighted by Gasteiger charge is 2.19. The van der Waals surface area contributed by atoms with Gasteiger partial charge in [-0.3, -0.25) is 4.79 Å². The van der Waals surface area contributed by atoms with Gasteiger partial charge in [0.05, 0.1) is 0 Å². The molecule has 0 aliphatic rings. The molecule has 0 saturated carbocycles. The largest absolute Gasteiger partial charge is 0.480 e. The zero-order valence-electron chi connectivity index (χ0n) is 17.3. The van der Waals surface area contributed by atoms with Crippen LogP contribution in [0.15, 0.2) is 24.3 Å². The Morgan fingerprint density at radius 3 is 2.34 bits per heavy atom. The van der Waals surface area contributed by atoms with Crippen LogP contribution in [-0.2, 0) is 20.7 Å². The predicted octanol–water partition coefficient (Wildman–Crippen LogP) is 3.88. The molecular weight excluding hydrogens is 487 g/mol. The van der Waals surface area contributed by atoms with Gasteiger partial charge in [0.25, 0.3) is 0 Å². The summed E-state index contributed by atoms with van der Waals surface area (Å²) in [6.45, 7) is 5.75. The van der Waals surface area contributed by atoms with E-state index in [0.717, 1.165) is 15.6 Å². The van der Waals surface area contributed by atoms with Crippen molar-refractivity contribution in [3.8, 4) is 0 Å². The molecule has 1 rings (SSSR count). The number of hydrogen-bond acceptors (Lipinski definition) is 4. The minimum absolute atomic E-state index is 0.255. The van der Waals surface area contributed by atoms with E-state index in [9.17, 15) is 19.5 Å². The number of rotatable bonds is 11. The number of hydrogen-bond donors (Lipinski definition) is 3. The second-order valence-corrected chi connectivity index (χ2v) is 9.11. The lowest BCUT2D eigenvalue weighted by atomic mass is 10.1. The monoisotopic (exact) mass is 518 g/mol. The molecule has 1 aromatic carbocycles. The summed E-state index contributed by atoms with van der Waals surface area (Å²) in [5, 5.41) is 14.5. The molecule has 29 heavy (non-hydrogen) atoms. The standard InChI is InChI=1S/C21H31IN2O5/c1-21(2,3)29-20(28)23-14-5-4-8-17(19(26)27)24-18(25)9-6-7-15-10-12-16(22)13-11-15/h10-13,17H,4-9,14H2,1-3H3,(H,23,28)(H,24,25)(H,26,27)/t17-/m0/s1. The lowest BCUT2D eigenvalue weighted by molar-refractivity contribution is -0.142. The van der Waals surface area contributed by atoms with Gasteiger partial charge in [0.15, 0.2) is 0 Å². The fourth-order valence-corrected chi connectivity index (χ4v) is 2.97. The van der Waals surface area contributed by atoms with E-state index in [1.54, 1.807) is 20.8 Å². The molecule has 2 amide bonds. The molecule has 8 heteroatoms. The number of carbonyl (C=O) groups excluding carboxylic acids is 2. The Morgan fingerprint density at radius 2 is 1.76 bits per heavy atom. The highest BCUT2D eigenvalue weighted by atomic mass is 127. The van der Waals surface area contributed by atoms with Crippen LogP contribution in [0.4, 0.5) is 4.79 Å². The average molecular weight is 518 g/mol. The van der Waals surface area contributed by atoms with Gasteiger partial charge in [0.1, 0.15) is 11.6 Å². The maximum absolute atomic E-state index is 12.1. The van der Waals surface area contributed by atoms with Crippen molar-refractivity contribution in [2.75, 3.05) is 6.54 Å². The maximum atomic E-state index is 12.1. The number of carboxylic acids is 1. The maximum Gasteiger partial charge on any atom is 0.407 e. The van der Waals surface area contributed by atoms with Gasteiger partial charge in [-0.05, 0) is 93.2 Å². The van der Waals surface area contributed by atoms with Crippen LogP contribution >= 0.6 is 22.6 Å². The van der Waals surface area contributed by atoms with Crippen molar-refractivity contribution < 1.29 is 24.2 Å². The van der Waals surface area contributed by atoms with Crippen LogP contribution < -0.4 is 10.6 Å². The van der Waals surface area contributed by atoms with E-state index in [1.807, 2.05) is 24.3 Å². The van der Waals surface area contributed by atoms with Gasteiger partial charge < -0.3 is 20.5 Å². The minimum atomic E-state index is -1.05. The summed E-state index contributed by atoms with van der Waals surface area (Å²) < 4.78 is 6.29. The van der Waals surface area contributed by atoms with E-state index in [-0.39, 0.29) is 12.3 Å². The van der Waals surface area contributed by atoms with Gasteiger partial charge in [0, 0.05) is 16.5 Å². The number of benzene rings is 1. The first-order chi connectivity index (χ1) is 13.6. The Kier molecular flexibility index (Phi) is 11.0. The number of aliphatic carboxylic acids is 1. The van der Waals surface area contributed by atoms with Gasteiger partial charge >= 0.3 is 12.1 Å². The molecule has 1 atom stereocenters. The molecule has 0 spiro atoms. The first-order valence-corrected chi connectivity index (χ1v) is 10.9. The second kappa shape index (κ2) is 12.7. The van der Waals surface area contributed by atoms with Crippen molar-refractivity contribution in [3.05, 3.63) is 33.4 Å². The van der Waals surface area contributed by atoms with Crippen molar-refractivity contribution in [1.29, 1.82) is 0 Å². The molecule has 0 bridgehead atoms. The highest BCUT2D eigenvalue weighted by Crippen LogP contribution is 2.10. The van der Waals surface area contributed by atoms with E-state index < -0.39 is 23.7 Å². The van der Waals surface area contributed by atoms with Crippen LogP contribution in [0.3, 0.4) is 0 Å². The molecule has 1 aromatic rings. The molecule has 0 saturated heterocycles. The summed E-state index contributed by atoms with van der Waals surface area (Å²) in [5.41, 5.74) is 0.604. The first kappa shape index (κ1) is 25.2. The number of amides is 2. The highest BCUT2D eigenvalue weighted by molar-refractivity contribution is 14.1. The van der Waals surface area contributed by atoms with Crippen LogP contribution in [0.5, 0.6) is 0 Å². The van der Waals surface area contributed by atoms with Gasteiger partial charge in [-0.25, -0.2) is 9.59 Å². The van der Waals surface area contributed by atoms with Crippen LogP contribution in [0, 0.1) is 3.57 Å². The molecule has 0 radical (unpaired) electrons. The number of alkyl carbamates (subject to hydrolysis) is 1. The van der Waals surface area contributed by atoms with Crippen molar-refractivity contribution in [1.82, 2.24) is 10.6 Å². The third-order valence-corrected chi connectivity index (χ3v) is 4.72. The van der Waals surface area contributed by atoms with Gasteiger partial charge in [-0.2, -0.15) is 0 Å². The molecule has 7 nitrogen and oxygen atoms in total. The third kappa shape index (κ3) is 12.4. The van der Waals surface area contributed by atoms with Crippen LogP contribution in [0.25, 0.3) is 0 Å². The Bertz CT molecular complexity index is 671. The van der Waals surface area contributed by atoms with Crippen molar-refractivity contribution >= 4 is 40.6 Å². The van der Waals surface area contributed by atoms with E-state index in [0.29, 0.717) is 32.2 Å². The van der Waals surface area contributed by atoms with E-state index in [4.69, 9.17) is 4.74 Å². The zero-order valence-corrected chi connectivity index (χ0v) is 19.5. The molecule has 0 aliphatic heterocycles. The zero-order chi connectivity index (χ0) is 21.9. The SMILES string of the molecule is CC(C)(C)OC(=O)NCCCC[C@H](NC(=O)CCCc1ccc(I)cc1)C(=O)O. The lowest BCUT2D eigenvalue weighted by Gasteiger charge is -2.19. The summed E-state index contributed by atoms with van der Waals surface area (Å²) in [5.74, 6) is -1.30.